The van der Waals surface area contributed by atoms with E-state index in [0.29, 0.717) is 22.6 Å². The molecule has 2 aromatic carbocycles. The van der Waals surface area contributed by atoms with E-state index in [-0.39, 0.29) is 6.42 Å². The van der Waals surface area contributed by atoms with E-state index < -0.39 is 17.2 Å². The van der Waals surface area contributed by atoms with Crippen molar-refractivity contribution in [2.45, 2.75) is 25.4 Å². The van der Waals surface area contributed by atoms with Crippen LogP contribution in [0.15, 0.2) is 42.5 Å². The molecule has 1 N–H and O–H groups in total. The van der Waals surface area contributed by atoms with Gasteiger partial charge in [0.2, 0.25) is 0 Å². The van der Waals surface area contributed by atoms with E-state index in [9.17, 15) is 13.9 Å². The normalized spacial score (nSPS) is 14.1. The van der Waals surface area contributed by atoms with Crippen LogP contribution in [-0.4, -0.2) is 5.11 Å². The lowest BCUT2D eigenvalue weighted by Crippen LogP contribution is -2.28. The molecule has 1 nitrogen and oxygen atoms in total. The van der Waals surface area contributed by atoms with Crippen molar-refractivity contribution in [2.75, 3.05) is 0 Å². The molecule has 0 aliphatic rings. The summed E-state index contributed by atoms with van der Waals surface area (Å²) >= 11 is 6.03. The molecule has 0 bridgehead atoms. The molecular formula is C16H15ClF2O. The highest BCUT2D eigenvalue weighted by atomic mass is 35.5. The summed E-state index contributed by atoms with van der Waals surface area (Å²) in [6, 6.07) is 9.80. The first-order valence-electron chi connectivity index (χ1n) is 6.37. The summed E-state index contributed by atoms with van der Waals surface area (Å²) < 4.78 is 26.6. The van der Waals surface area contributed by atoms with E-state index in [0.717, 1.165) is 0 Å². The molecule has 0 aromatic heterocycles. The number of aliphatic hydroxyl groups is 1. The summed E-state index contributed by atoms with van der Waals surface area (Å²) in [6.45, 7) is 1.79. The van der Waals surface area contributed by atoms with Crippen LogP contribution in [0.5, 0.6) is 0 Å². The van der Waals surface area contributed by atoms with Crippen molar-refractivity contribution in [2.24, 2.45) is 0 Å². The molecule has 2 aromatic rings. The van der Waals surface area contributed by atoms with Gasteiger partial charge in [-0.1, -0.05) is 30.7 Å². The summed E-state index contributed by atoms with van der Waals surface area (Å²) in [6.07, 6.45) is 0.493. The maximum Gasteiger partial charge on any atom is 0.123 e. The van der Waals surface area contributed by atoms with E-state index in [1.165, 1.54) is 30.3 Å². The van der Waals surface area contributed by atoms with Gasteiger partial charge in [-0.3, -0.25) is 0 Å². The van der Waals surface area contributed by atoms with Crippen LogP contribution in [0.2, 0.25) is 5.02 Å². The predicted octanol–water partition coefficient (Wildman–Crippen LogP) is 4.46. The van der Waals surface area contributed by atoms with Gasteiger partial charge in [0, 0.05) is 11.4 Å². The number of hydrogen-bond acceptors (Lipinski definition) is 1. The second-order valence-corrected chi connectivity index (χ2v) is 5.22. The van der Waals surface area contributed by atoms with Gasteiger partial charge in [-0.2, -0.15) is 0 Å². The number of halogens is 3. The third-order valence-corrected chi connectivity index (χ3v) is 3.81. The molecule has 0 heterocycles. The minimum atomic E-state index is -1.28. The molecule has 0 amide bonds. The summed E-state index contributed by atoms with van der Waals surface area (Å²) in [5, 5.41) is 11.1. The number of hydrogen-bond donors (Lipinski definition) is 1. The van der Waals surface area contributed by atoms with Crippen LogP contribution in [0, 0.1) is 11.6 Å². The molecule has 0 spiro atoms. The standard InChI is InChI=1S/C16H15ClF2O/c1-2-16(20,12-4-3-5-13(18)9-12)10-11-8-14(19)6-7-15(11)17/h3-9,20H,2,10H2,1H3. The van der Waals surface area contributed by atoms with E-state index >= 15 is 0 Å². The summed E-state index contributed by atoms with van der Waals surface area (Å²) in [5.41, 5.74) is -0.319. The van der Waals surface area contributed by atoms with Crippen LogP contribution in [0.25, 0.3) is 0 Å². The van der Waals surface area contributed by atoms with Crippen LogP contribution in [-0.2, 0) is 12.0 Å². The molecule has 2 rings (SSSR count). The van der Waals surface area contributed by atoms with Crippen LogP contribution < -0.4 is 0 Å². The average molecular weight is 297 g/mol. The first-order valence-corrected chi connectivity index (χ1v) is 6.75. The summed E-state index contributed by atoms with van der Waals surface area (Å²) in [4.78, 5) is 0. The Balaban J connectivity index is 2.39. The molecule has 0 saturated carbocycles. The van der Waals surface area contributed by atoms with Gasteiger partial charge in [0.05, 0.1) is 5.60 Å². The SMILES string of the molecule is CCC(O)(Cc1cc(F)ccc1Cl)c1cccc(F)c1. The van der Waals surface area contributed by atoms with E-state index in [1.807, 2.05) is 0 Å². The summed E-state index contributed by atoms with van der Waals surface area (Å²) in [7, 11) is 0. The fraction of sp³-hybridized carbons (Fsp3) is 0.250. The van der Waals surface area contributed by atoms with Crippen LogP contribution >= 0.6 is 11.6 Å². The second kappa shape index (κ2) is 5.90. The Hall–Kier alpha value is -1.45. The molecule has 0 radical (unpaired) electrons. The quantitative estimate of drug-likeness (QED) is 0.883. The Morgan fingerprint density at radius 3 is 2.45 bits per heavy atom. The van der Waals surface area contributed by atoms with Crippen molar-refractivity contribution < 1.29 is 13.9 Å². The Morgan fingerprint density at radius 1 is 1.10 bits per heavy atom. The molecule has 0 aliphatic heterocycles. The maximum atomic E-state index is 13.3. The molecule has 1 unspecified atom stereocenters. The maximum absolute atomic E-state index is 13.3. The Kier molecular flexibility index (Phi) is 4.41. The van der Waals surface area contributed by atoms with Crippen molar-refractivity contribution in [3.8, 4) is 0 Å². The minimum absolute atomic E-state index is 0.129. The molecule has 106 valence electrons. The number of benzene rings is 2. The van der Waals surface area contributed by atoms with Gasteiger partial charge in [-0.15, -0.1) is 0 Å². The van der Waals surface area contributed by atoms with Crippen LogP contribution in [0.4, 0.5) is 8.78 Å². The molecule has 1 atom stereocenters. The third kappa shape index (κ3) is 3.17. The van der Waals surface area contributed by atoms with Crippen LogP contribution in [0.1, 0.15) is 24.5 Å². The lowest BCUT2D eigenvalue weighted by molar-refractivity contribution is 0.0324. The predicted molar refractivity (Wildman–Crippen MR) is 75.7 cm³/mol. The Morgan fingerprint density at radius 2 is 1.80 bits per heavy atom. The van der Waals surface area contributed by atoms with Gasteiger partial charge in [-0.25, -0.2) is 8.78 Å². The molecule has 0 saturated heterocycles. The number of rotatable bonds is 4. The highest BCUT2D eigenvalue weighted by Gasteiger charge is 2.29. The smallest absolute Gasteiger partial charge is 0.123 e. The van der Waals surface area contributed by atoms with Crippen molar-refractivity contribution in [1.82, 2.24) is 0 Å². The zero-order chi connectivity index (χ0) is 14.8. The fourth-order valence-corrected chi connectivity index (χ4v) is 2.39. The molecule has 4 heteroatoms. The average Bonchev–Trinajstić information content (AvgIpc) is 2.43. The molecule has 0 aliphatic carbocycles. The highest BCUT2D eigenvalue weighted by Crippen LogP contribution is 2.32. The lowest BCUT2D eigenvalue weighted by Gasteiger charge is -2.28. The van der Waals surface area contributed by atoms with Crippen molar-refractivity contribution >= 4 is 11.6 Å². The van der Waals surface area contributed by atoms with Crippen molar-refractivity contribution in [3.05, 3.63) is 70.2 Å². The molecule has 0 fully saturated rings. The summed E-state index contributed by atoms with van der Waals surface area (Å²) in [5.74, 6) is -0.832. The van der Waals surface area contributed by atoms with E-state index in [2.05, 4.69) is 0 Å². The highest BCUT2D eigenvalue weighted by molar-refractivity contribution is 6.31. The van der Waals surface area contributed by atoms with Crippen molar-refractivity contribution in [1.29, 1.82) is 0 Å². The first kappa shape index (κ1) is 14.9. The zero-order valence-corrected chi connectivity index (χ0v) is 11.8. The van der Waals surface area contributed by atoms with Crippen LogP contribution in [0.3, 0.4) is 0 Å². The van der Waals surface area contributed by atoms with Gasteiger partial charge in [0.1, 0.15) is 11.6 Å². The fourth-order valence-electron chi connectivity index (χ4n) is 2.20. The van der Waals surface area contributed by atoms with E-state index in [4.69, 9.17) is 11.6 Å². The zero-order valence-electron chi connectivity index (χ0n) is 11.0. The first-order chi connectivity index (χ1) is 9.44. The van der Waals surface area contributed by atoms with E-state index in [1.54, 1.807) is 19.1 Å². The van der Waals surface area contributed by atoms with Gasteiger partial charge < -0.3 is 5.11 Å². The molecule has 20 heavy (non-hydrogen) atoms. The lowest BCUT2D eigenvalue weighted by atomic mass is 9.85. The minimum Gasteiger partial charge on any atom is -0.385 e. The topological polar surface area (TPSA) is 20.2 Å². The molecular weight excluding hydrogens is 282 g/mol. The Labute approximate surface area is 121 Å². The van der Waals surface area contributed by atoms with Crippen molar-refractivity contribution in [3.63, 3.8) is 0 Å². The van der Waals surface area contributed by atoms with Gasteiger partial charge in [-0.05, 0) is 47.9 Å². The monoisotopic (exact) mass is 296 g/mol. The third-order valence-electron chi connectivity index (χ3n) is 3.44. The second-order valence-electron chi connectivity index (χ2n) is 4.81. The largest absolute Gasteiger partial charge is 0.385 e. The van der Waals surface area contributed by atoms with Gasteiger partial charge >= 0.3 is 0 Å². The van der Waals surface area contributed by atoms with Gasteiger partial charge in [0.15, 0.2) is 0 Å². The van der Waals surface area contributed by atoms with Gasteiger partial charge in [0.25, 0.3) is 0 Å². The Bertz CT molecular complexity index is 615.